The first-order valence-corrected chi connectivity index (χ1v) is 9.00. The summed E-state index contributed by atoms with van der Waals surface area (Å²) in [7, 11) is 3.95. The molecule has 21 heavy (non-hydrogen) atoms. The van der Waals surface area contributed by atoms with Gasteiger partial charge >= 0.3 is 0 Å². The molecule has 1 fully saturated rings. The van der Waals surface area contributed by atoms with Gasteiger partial charge in [-0.25, -0.2) is 0 Å². The third-order valence-corrected chi connectivity index (χ3v) is 5.18. The number of aliphatic hydroxyl groups is 1. The van der Waals surface area contributed by atoms with Crippen molar-refractivity contribution in [1.29, 1.82) is 0 Å². The first-order valence-electron chi connectivity index (χ1n) is 9.00. The summed E-state index contributed by atoms with van der Waals surface area (Å²) in [6.45, 7) is 9.04. The fraction of sp³-hybridized carbons (Fsp3) is 1.00. The highest BCUT2D eigenvalue weighted by Crippen LogP contribution is 2.27. The van der Waals surface area contributed by atoms with Crippen molar-refractivity contribution in [2.45, 2.75) is 83.9 Å². The summed E-state index contributed by atoms with van der Waals surface area (Å²) >= 11 is 0. The third kappa shape index (κ3) is 6.66. The van der Waals surface area contributed by atoms with Gasteiger partial charge in [-0.3, -0.25) is 9.80 Å². The van der Waals surface area contributed by atoms with Gasteiger partial charge in [-0.15, -0.1) is 0 Å². The van der Waals surface area contributed by atoms with Crippen molar-refractivity contribution in [3.8, 4) is 0 Å². The van der Waals surface area contributed by atoms with Gasteiger partial charge < -0.3 is 5.11 Å². The topological polar surface area (TPSA) is 26.7 Å². The van der Waals surface area contributed by atoms with E-state index >= 15 is 0 Å². The zero-order chi connectivity index (χ0) is 15.9. The van der Waals surface area contributed by atoms with E-state index in [2.05, 4.69) is 18.7 Å². The minimum atomic E-state index is -0.689. The molecule has 0 spiro atoms. The molecule has 0 bridgehead atoms. The van der Waals surface area contributed by atoms with Crippen molar-refractivity contribution in [3.05, 3.63) is 0 Å². The Morgan fingerprint density at radius 2 is 2.00 bits per heavy atom. The molecule has 1 aliphatic rings. The number of hydrogen-bond acceptors (Lipinski definition) is 3. The number of likely N-dealkylation sites (tertiary alicyclic amines) is 1. The summed E-state index contributed by atoms with van der Waals surface area (Å²) in [4.78, 5) is 4.60. The molecule has 3 heteroatoms. The highest BCUT2D eigenvalue weighted by atomic mass is 16.3. The van der Waals surface area contributed by atoms with E-state index in [4.69, 9.17) is 0 Å². The predicted octanol–water partition coefficient (Wildman–Crippen LogP) is 3.72. The molecule has 3 nitrogen and oxygen atoms in total. The zero-order valence-corrected chi connectivity index (χ0v) is 15.1. The largest absolute Gasteiger partial charge is 0.376 e. The molecule has 0 aromatic heterocycles. The standard InChI is InChI=1S/C18H38N2O/c1-6-7-8-11-16(2)15-20-13-10-9-12-17(20)14-18(3,21)19(4)5/h16-17,21H,6-15H2,1-5H3. The Labute approximate surface area is 132 Å². The molecule has 126 valence electrons. The summed E-state index contributed by atoms with van der Waals surface area (Å²) in [6.07, 6.45) is 10.1. The van der Waals surface area contributed by atoms with Crippen LogP contribution in [0, 0.1) is 5.92 Å². The van der Waals surface area contributed by atoms with Gasteiger partial charge in [-0.05, 0) is 52.7 Å². The molecule has 1 heterocycles. The van der Waals surface area contributed by atoms with E-state index in [1.165, 1.54) is 58.0 Å². The van der Waals surface area contributed by atoms with Crippen LogP contribution in [0.5, 0.6) is 0 Å². The van der Waals surface area contributed by atoms with E-state index in [9.17, 15) is 5.11 Å². The van der Waals surface area contributed by atoms with Gasteiger partial charge in [0.1, 0.15) is 5.72 Å². The highest BCUT2D eigenvalue weighted by Gasteiger charge is 2.32. The van der Waals surface area contributed by atoms with Crippen molar-refractivity contribution in [1.82, 2.24) is 9.80 Å². The summed E-state index contributed by atoms with van der Waals surface area (Å²) in [6, 6.07) is 0.546. The monoisotopic (exact) mass is 298 g/mol. The van der Waals surface area contributed by atoms with Gasteiger partial charge in [-0.1, -0.05) is 39.5 Å². The number of hydrogen-bond donors (Lipinski definition) is 1. The molecule has 0 aliphatic carbocycles. The van der Waals surface area contributed by atoms with Crippen LogP contribution in [0.2, 0.25) is 0 Å². The van der Waals surface area contributed by atoms with Crippen molar-refractivity contribution in [2.24, 2.45) is 5.92 Å². The van der Waals surface area contributed by atoms with Crippen LogP contribution in [0.15, 0.2) is 0 Å². The molecule has 0 radical (unpaired) electrons. The van der Waals surface area contributed by atoms with Gasteiger partial charge in [0.2, 0.25) is 0 Å². The Morgan fingerprint density at radius 3 is 2.62 bits per heavy atom. The van der Waals surface area contributed by atoms with E-state index in [0.717, 1.165) is 12.3 Å². The van der Waals surface area contributed by atoms with E-state index in [1.807, 2.05) is 25.9 Å². The number of piperidine rings is 1. The lowest BCUT2D eigenvalue weighted by Gasteiger charge is -2.42. The van der Waals surface area contributed by atoms with Crippen LogP contribution in [-0.4, -0.2) is 53.9 Å². The van der Waals surface area contributed by atoms with Gasteiger partial charge in [-0.2, -0.15) is 0 Å². The summed E-state index contributed by atoms with van der Waals surface area (Å²) < 4.78 is 0. The maximum atomic E-state index is 10.6. The van der Waals surface area contributed by atoms with Crippen LogP contribution >= 0.6 is 0 Å². The Morgan fingerprint density at radius 1 is 1.29 bits per heavy atom. The lowest BCUT2D eigenvalue weighted by molar-refractivity contribution is -0.0927. The van der Waals surface area contributed by atoms with Crippen LogP contribution in [0.4, 0.5) is 0 Å². The van der Waals surface area contributed by atoms with Crippen LogP contribution in [0.3, 0.4) is 0 Å². The smallest absolute Gasteiger partial charge is 0.116 e. The average Bonchev–Trinajstić information content (AvgIpc) is 2.41. The number of unbranched alkanes of at least 4 members (excludes halogenated alkanes) is 2. The highest BCUT2D eigenvalue weighted by molar-refractivity contribution is 4.84. The summed E-state index contributed by atoms with van der Waals surface area (Å²) in [5, 5.41) is 10.6. The Hall–Kier alpha value is -0.120. The maximum absolute atomic E-state index is 10.6. The molecule has 1 saturated heterocycles. The van der Waals surface area contributed by atoms with E-state index < -0.39 is 5.72 Å². The third-order valence-electron chi connectivity index (χ3n) is 5.18. The molecule has 0 saturated carbocycles. The van der Waals surface area contributed by atoms with Crippen LogP contribution in [-0.2, 0) is 0 Å². The molecular formula is C18H38N2O. The van der Waals surface area contributed by atoms with Gasteiger partial charge in [0.15, 0.2) is 0 Å². The summed E-state index contributed by atoms with van der Waals surface area (Å²) in [5.41, 5.74) is -0.689. The fourth-order valence-corrected chi connectivity index (χ4v) is 3.39. The van der Waals surface area contributed by atoms with Crippen molar-refractivity contribution < 1.29 is 5.11 Å². The molecule has 3 atom stereocenters. The maximum Gasteiger partial charge on any atom is 0.116 e. The number of nitrogens with zero attached hydrogens (tertiary/aromatic N) is 2. The molecule has 0 aromatic carbocycles. The summed E-state index contributed by atoms with van der Waals surface area (Å²) in [5.74, 6) is 0.779. The minimum Gasteiger partial charge on any atom is -0.376 e. The zero-order valence-electron chi connectivity index (χ0n) is 15.1. The second kappa shape index (κ2) is 9.12. The van der Waals surface area contributed by atoms with Crippen LogP contribution in [0.25, 0.3) is 0 Å². The Balaban J connectivity index is 2.49. The molecule has 0 amide bonds. The van der Waals surface area contributed by atoms with Crippen molar-refractivity contribution in [3.63, 3.8) is 0 Å². The molecule has 0 aromatic rings. The lowest BCUT2D eigenvalue weighted by atomic mass is 9.92. The van der Waals surface area contributed by atoms with Crippen molar-refractivity contribution in [2.75, 3.05) is 27.2 Å². The predicted molar refractivity (Wildman–Crippen MR) is 91.4 cm³/mol. The van der Waals surface area contributed by atoms with Gasteiger partial charge in [0, 0.05) is 19.0 Å². The second-order valence-electron chi connectivity index (χ2n) is 7.56. The molecule has 3 unspecified atom stereocenters. The van der Waals surface area contributed by atoms with E-state index in [-0.39, 0.29) is 0 Å². The Bertz CT molecular complexity index is 278. The second-order valence-corrected chi connectivity index (χ2v) is 7.56. The molecule has 1 rings (SSSR count). The average molecular weight is 299 g/mol. The first kappa shape index (κ1) is 18.9. The first-order chi connectivity index (χ1) is 9.86. The van der Waals surface area contributed by atoms with E-state index in [0.29, 0.717) is 6.04 Å². The van der Waals surface area contributed by atoms with Crippen molar-refractivity contribution >= 4 is 0 Å². The normalized spacial score (nSPS) is 25.0. The van der Waals surface area contributed by atoms with Gasteiger partial charge in [0.05, 0.1) is 0 Å². The van der Waals surface area contributed by atoms with Gasteiger partial charge in [0.25, 0.3) is 0 Å². The fourth-order valence-electron chi connectivity index (χ4n) is 3.39. The SMILES string of the molecule is CCCCCC(C)CN1CCCCC1CC(C)(O)N(C)C. The minimum absolute atomic E-state index is 0.546. The molecule has 1 aliphatic heterocycles. The lowest BCUT2D eigenvalue weighted by Crippen LogP contribution is -2.50. The van der Waals surface area contributed by atoms with E-state index in [1.54, 1.807) is 0 Å². The quantitative estimate of drug-likeness (QED) is 0.519. The van der Waals surface area contributed by atoms with Crippen LogP contribution in [0.1, 0.15) is 72.1 Å². The number of rotatable bonds is 9. The van der Waals surface area contributed by atoms with Crippen LogP contribution < -0.4 is 0 Å². The molecule has 1 N–H and O–H groups in total. The molecular weight excluding hydrogens is 260 g/mol. The Kier molecular flexibility index (Phi) is 8.22.